The fourth-order valence-electron chi connectivity index (χ4n) is 2.58. The lowest BCUT2D eigenvalue weighted by atomic mass is 10.2. The summed E-state index contributed by atoms with van der Waals surface area (Å²) in [6, 6.07) is 8.71. The molecule has 0 aliphatic carbocycles. The molecule has 0 aliphatic rings. The summed E-state index contributed by atoms with van der Waals surface area (Å²) in [6.45, 7) is 4.30. The first-order chi connectivity index (χ1) is 11.6. The number of carbonyl (C=O) groups excluding carboxylic acids is 1. The predicted molar refractivity (Wildman–Crippen MR) is 89.5 cm³/mol. The number of amides is 1. The van der Waals surface area contributed by atoms with Gasteiger partial charge in [0.1, 0.15) is 11.5 Å². The fourth-order valence-corrected chi connectivity index (χ4v) is 2.58. The quantitative estimate of drug-likeness (QED) is 0.782. The smallest absolute Gasteiger partial charge is 0.268 e. The summed E-state index contributed by atoms with van der Waals surface area (Å²) in [5.74, 6) is -0.530. The zero-order valence-electron chi connectivity index (χ0n) is 13.6. The lowest BCUT2D eigenvalue weighted by molar-refractivity contribution is 0.0940. The average molecular weight is 326 g/mol. The van der Waals surface area contributed by atoms with Crippen molar-refractivity contribution < 1.29 is 9.18 Å². The number of nitrogens with zero attached hydrogens (tertiary/aromatic N) is 3. The minimum absolute atomic E-state index is 0.173. The summed E-state index contributed by atoms with van der Waals surface area (Å²) in [6.07, 6.45) is 6.69. The molecule has 0 aliphatic heterocycles. The second-order valence-electron chi connectivity index (χ2n) is 5.83. The molecule has 6 heteroatoms. The third kappa shape index (κ3) is 3.22. The Kier molecular flexibility index (Phi) is 4.46. The first-order valence-electron chi connectivity index (χ1n) is 7.78. The van der Waals surface area contributed by atoms with Crippen molar-refractivity contribution in [2.45, 2.75) is 26.4 Å². The van der Waals surface area contributed by atoms with Crippen molar-refractivity contribution in [2.75, 3.05) is 0 Å². The molecule has 2 heterocycles. The summed E-state index contributed by atoms with van der Waals surface area (Å²) >= 11 is 0. The molecule has 1 aromatic carbocycles. The lowest BCUT2D eigenvalue weighted by Crippen LogP contribution is -2.25. The SMILES string of the molecule is CC(C)n1cccc1C(=O)NCc1ccc(-n2ccnc2)c(F)c1. The third-order valence-corrected chi connectivity index (χ3v) is 3.82. The molecule has 3 aromatic rings. The summed E-state index contributed by atoms with van der Waals surface area (Å²) in [5, 5.41) is 2.83. The molecule has 0 fully saturated rings. The first kappa shape index (κ1) is 16.0. The van der Waals surface area contributed by atoms with Gasteiger partial charge in [0.15, 0.2) is 0 Å². The Bertz CT molecular complexity index is 837. The van der Waals surface area contributed by atoms with Gasteiger partial charge >= 0.3 is 0 Å². The highest BCUT2D eigenvalue weighted by Gasteiger charge is 2.13. The van der Waals surface area contributed by atoms with Gasteiger partial charge in [-0.25, -0.2) is 9.37 Å². The Morgan fingerprint density at radius 1 is 1.29 bits per heavy atom. The molecular formula is C18H19FN4O. The molecule has 0 bridgehead atoms. The molecule has 0 spiro atoms. The van der Waals surface area contributed by atoms with Crippen molar-refractivity contribution in [3.8, 4) is 5.69 Å². The lowest BCUT2D eigenvalue weighted by Gasteiger charge is -2.13. The number of aromatic nitrogens is 3. The largest absolute Gasteiger partial charge is 0.347 e. The van der Waals surface area contributed by atoms with Gasteiger partial charge in [0.2, 0.25) is 0 Å². The van der Waals surface area contributed by atoms with E-state index in [0.29, 0.717) is 16.9 Å². The zero-order chi connectivity index (χ0) is 17.1. The van der Waals surface area contributed by atoms with Gasteiger partial charge < -0.3 is 14.5 Å². The Balaban J connectivity index is 1.70. The maximum atomic E-state index is 14.2. The first-order valence-corrected chi connectivity index (χ1v) is 7.78. The van der Waals surface area contributed by atoms with Crippen LogP contribution < -0.4 is 5.32 Å². The summed E-state index contributed by atoms with van der Waals surface area (Å²) in [4.78, 5) is 16.2. The van der Waals surface area contributed by atoms with Crippen LogP contribution in [-0.4, -0.2) is 20.0 Å². The Hall–Kier alpha value is -2.89. The number of nitrogens with one attached hydrogen (secondary N) is 1. The van der Waals surface area contributed by atoms with Crippen molar-refractivity contribution >= 4 is 5.91 Å². The molecule has 1 N–H and O–H groups in total. The van der Waals surface area contributed by atoms with Crippen LogP contribution in [-0.2, 0) is 6.54 Å². The van der Waals surface area contributed by atoms with Crippen LogP contribution >= 0.6 is 0 Å². The van der Waals surface area contributed by atoms with E-state index in [-0.39, 0.29) is 24.3 Å². The molecule has 2 aromatic heterocycles. The van der Waals surface area contributed by atoms with E-state index >= 15 is 0 Å². The molecule has 0 saturated heterocycles. The molecule has 5 nitrogen and oxygen atoms in total. The van der Waals surface area contributed by atoms with Crippen molar-refractivity contribution in [2.24, 2.45) is 0 Å². The molecule has 0 unspecified atom stereocenters. The van der Waals surface area contributed by atoms with Crippen LogP contribution in [0.2, 0.25) is 0 Å². The Morgan fingerprint density at radius 2 is 2.12 bits per heavy atom. The highest BCUT2D eigenvalue weighted by Crippen LogP contribution is 2.15. The molecule has 24 heavy (non-hydrogen) atoms. The number of rotatable bonds is 5. The Labute approximate surface area is 139 Å². The van der Waals surface area contributed by atoms with Gasteiger partial charge in [0, 0.05) is 31.2 Å². The number of hydrogen-bond acceptors (Lipinski definition) is 2. The van der Waals surface area contributed by atoms with Crippen LogP contribution in [0.5, 0.6) is 0 Å². The van der Waals surface area contributed by atoms with Crippen molar-refractivity contribution in [1.82, 2.24) is 19.4 Å². The van der Waals surface area contributed by atoms with Gasteiger partial charge in [-0.2, -0.15) is 0 Å². The third-order valence-electron chi connectivity index (χ3n) is 3.82. The minimum Gasteiger partial charge on any atom is -0.347 e. The van der Waals surface area contributed by atoms with Crippen LogP contribution in [0.25, 0.3) is 5.69 Å². The number of halogens is 1. The average Bonchev–Trinajstić information content (AvgIpc) is 3.23. The second kappa shape index (κ2) is 6.70. The van der Waals surface area contributed by atoms with Crippen LogP contribution in [0.3, 0.4) is 0 Å². The van der Waals surface area contributed by atoms with E-state index in [1.165, 1.54) is 6.07 Å². The highest BCUT2D eigenvalue weighted by atomic mass is 19.1. The molecule has 0 atom stereocenters. The molecule has 1 amide bonds. The van der Waals surface area contributed by atoms with Crippen molar-refractivity contribution in [3.63, 3.8) is 0 Å². The van der Waals surface area contributed by atoms with E-state index in [1.807, 2.05) is 30.7 Å². The normalized spacial score (nSPS) is 11.0. The van der Waals surface area contributed by atoms with Crippen molar-refractivity contribution in [1.29, 1.82) is 0 Å². The van der Waals surface area contributed by atoms with Gasteiger partial charge in [-0.05, 0) is 43.7 Å². The minimum atomic E-state index is -0.356. The van der Waals surface area contributed by atoms with E-state index in [0.717, 1.165) is 0 Å². The van der Waals surface area contributed by atoms with E-state index in [9.17, 15) is 9.18 Å². The maximum Gasteiger partial charge on any atom is 0.268 e. The standard InChI is InChI=1S/C18H19FN4O/c1-13(2)23-8-3-4-17(23)18(24)21-11-14-5-6-16(15(19)10-14)22-9-7-20-12-22/h3-10,12-13H,11H2,1-2H3,(H,21,24). The number of benzene rings is 1. The van der Waals surface area contributed by atoms with Crippen molar-refractivity contribution in [3.05, 3.63) is 72.3 Å². The van der Waals surface area contributed by atoms with Gasteiger partial charge in [0.25, 0.3) is 5.91 Å². The van der Waals surface area contributed by atoms with E-state index in [2.05, 4.69) is 10.3 Å². The highest BCUT2D eigenvalue weighted by molar-refractivity contribution is 5.92. The monoisotopic (exact) mass is 326 g/mol. The maximum absolute atomic E-state index is 14.2. The second-order valence-corrected chi connectivity index (χ2v) is 5.83. The molecular weight excluding hydrogens is 307 g/mol. The van der Waals surface area contributed by atoms with Crippen LogP contribution in [0.1, 0.15) is 35.9 Å². The van der Waals surface area contributed by atoms with Crippen LogP contribution in [0.4, 0.5) is 4.39 Å². The van der Waals surface area contributed by atoms with Gasteiger partial charge in [-0.3, -0.25) is 4.79 Å². The zero-order valence-corrected chi connectivity index (χ0v) is 13.6. The Morgan fingerprint density at radius 3 is 2.79 bits per heavy atom. The van der Waals surface area contributed by atoms with Gasteiger partial charge in [-0.15, -0.1) is 0 Å². The predicted octanol–water partition coefficient (Wildman–Crippen LogP) is 3.32. The molecule has 124 valence electrons. The molecule has 3 rings (SSSR count). The number of hydrogen-bond donors (Lipinski definition) is 1. The van der Waals surface area contributed by atoms with Gasteiger partial charge in [-0.1, -0.05) is 6.07 Å². The van der Waals surface area contributed by atoms with E-state index < -0.39 is 0 Å². The van der Waals surface area contributed by atoms with Gasteiger partial charge in [0.05, 0.1) is 12.0 Å². The van der Waals surface area contributed by atoms with Crippen LogP contribution in [0, 0.1) is 5.82 Å². The topological polar surface area (TPSA) is 51.9 Å². The number of imidazole rings is 1. The summed E-state index contributed by atoms with van der Waals surface area (Å²) in [7, 11) is 0. The summed E-state index contributed by atoms with van der Waals surface area (Å²) < 4.78 is 17.7. The fraction of sp³-hybridized carbons (Fsp3) is 0.222. The number of carbonyl (C=O) groups is 1. The summed E-state index contributed by atoms with van der Waals surface area (Å²) in [5.41, 5.74) is 1.73. The molecule has 0 radical (unpaired) electrons. The van der Waals surface area contributed by atoms with E-state index in [1.54, 1.807) is 41.5 Å². The van der Waals surface area contributed by atoms with E-state index in [4.69, 9.17) is 0 Å². The molecule has 0 saturated carbocycles. The van der Waals surface area contributed by atoms with Crippen LogP contribution in [0.15, 0.2) is 55.2 Å².